The summed E-state index contributed by atoms with van der Waals surface area (Å²) in [7, 11) is 0. The highest BCUT2D eigenvalue weighted by Crippen LogP contribution is 2.36. The lowest BCUT2D eigenvalue weighted by Crippen LogP contribution is -1.97. The lowest BCUT2D eigenvalue weighted by atomic mass is 10.0. The number of carboxylic acid groups (broad SMARTS) is 1. The van der Waals surface area contributed by atoms with Crippen molar-refractivity contribution in [1.82, 2.24) is 9.97 Å². The number of H-pyrrole nitrogens is 1. The van der Waals surface area contributed by atoms with E-state index in [1.54, 1.807) is 12.3 Å². The predicted molar refractivity (Wildman–Crippen MR) is 92.1 cm³/mol. The van der Waals surface area contributed by atoms with Crippen molar-refractivity contribution in [2.24, 2.45) is 0 Å². The van der Waals surface area contributed by atoms with Gasteiger partial charge in [-0.2, -0.15) is 0 Å². The van der Waals surface area contributed by atoms with Gasteiger partial charge in [0.1, 0.15) is 0 Å². The van der Waals surface area contributed by atoms with E-state index in [2.05, 4.69) is 9.97 Å². The summed E-state index contributed by atoms with van der Waals surface area (Å²) in [6.45, 7) is 0. The Morgan fingerprint density at radius 3 is 2.78 bits per heavy atom. The molecule has 23 heavy (non-hydrogen) atoms. The molecule has 0 saturated heterocycles. The molecule has 0 atom stereocenters. The molecule has 2 heterocycles. The van der Waals surface area contributed by atoms with Crippen molar-refractivity contribution < 1.29 is 9.90 Å². The average molecular weight is 349 g/mol. The second-order valence-electron chi connectivity index (χ2n) is 5.25. The van der Waals surface area contributed by atoms with Gasteiger partial charge >= 0.3 is 5.97 Å². The van der Waals surface area contributed by atoms with Gasteiger partial charge in [-0.3, -0.25) is 9.78 Å². The van der Waals surface area contributed by atoms with E-state index >= 15 is 0 Å². The van der Waals surface area contributed by atoms with Crippen LogP contribution in [0.1, 0.15) is 18.4 Å². The Hall–Kier alpha value is -2.04. The second kappa shape index (κ2) is 6.60. The molecule has 0 aliphatic heterocycles. The molecule has 0 aliphatic carbocycles. The standard InChI is InChI=1S/C17H14Cl2N2O2/c18-10-8-12(19)16-11(4-3-6-15(22)23)17(21-14(16)9-10)13-5-1-2-7-20-13/h1-2,5,7-9,21H,3-4,6H2,(H,22,23). The summed E-state index contributed by atoms with van der Waals surface area (Å²) in [4.78, 5) is 18.5. The highest BCUT2D eigenvalue weighted by atomic mass is 35.5. The molecule has 118 valence electrons. The smallest absolute Gasteiger partial charge is 0.303 e. The molecule has 6 heteroatoms. The normalized spacial score (nSPS) is 11.0. The SMILES string of the molecule is O=C(O)CCCc1c(-c2ccccn2)[nH]c2cc(Cl)cc(Cl)c12. The molecule has 0 saturated carbocycles. The van der Waals surface area contributed by atoms with Crippen LogP contribution in [0.3, 0.4) is 0 Å². The fraction of sp³-hybridized carbons (Fsp3) is 0.176. The summed E-state index contributed by atoms with van der Waals surface area (Å²) in [6, 6.07) is 9.17. The zero-order chi connectivity index (χ0) is 16.4. The number of nitrogens with zero attached hydrogens (tertiary/aromatic N) is 1. The third kappa shape index (κ3) is 3.33. The van der Waals surface area contributed by atoms with E-state index in [9.17, 15) is 4.79 Å². The Morgan fingerprint density at radius 1 is 1.26 bits per heavy atom. The van der Waals surface area contributed by atoms with Crippen molar-refractivity contribution in [3.63, 3.8) is 0 Å². The van der Waals surface area contributed by atoms with Crippen LogP contribution in [0.15, 0.2) is 36.5 Å². The number of aliphatic carboxylic acids is 1. The van der Waals surface area contributed by atoms with Crippen LogP contribution in [0.25, 0.3) is 22.3 Å². The zero-order valence-electron chi connectivity index (χ0n) is 12.1. The number of fused-ring (bicyclic) bond motifs is 1. The van der Waals surface area contributed by atoms with Gasteiger partial charge in [0.15, 0.2) is 0 Å². The highest BCUT2D eigenvalue weighted by molar-refractivity contribution is 6.39. The van der Waals surface area contributed by atoms with Gasteiger partial charge in [-0.05, 0) is 42.7 Å². The zero-order valence-corrected chi connectivity index (χ0v) is 13.7. The van der Waals surface area contributed by atoms with Crippen molar-refractivity contribution in [1.29, 1.82) is 0 Å². The predicted octanol–water partition coefficient (Wildman–Crippen LogP) is 4.94. The minimum absolute atomic E-state index is 0.111. The molecule has 0 aliphatic rings. The Balaban J connectivity index is 2.14. The Labute approximate surface area is 143 Å². The van der Waals surface area contributed by atoms with Crippen LogP contribution in [0.4, 0.5) is 0 Å². The van der Waals surface area contributed by atoms with Crippen LogP contribution in [0.2, 0.25) is 10.0 Å². The number of pyridine rings is 1. The quantitative estimate of drug-likeness (QED) is 0.685. The Morgan fingerprint density at radius 2 is 2.09 bits per heavy atom. The Bertz CT molecular complexity index is 860. The first-order valence-electron chi connectivity index (χ1n) is 7.19. The summed E-state index contributed by atoms with van der Waals surface area (Å²) in [5.74, 6) is -0.807. The van der Waals surface area contributed by atoms with Gasteiger partial charge in [0.25, 0.3) is 0 Å². The van der Waals surface area contributed by atoms with Crippen molar-refractivity contribution >= 4 is 40.1 Å². The van der Waals surface area contributed by atoms with E-state index in [1.807, 2.05) is 24.3 Å². The third-order valence-electron chi connectivity index (χ3n) is 3.66. The largest absolute Gasteiger partial charge is 0.481 e. The molecular weight excluding hydrogens is 335 g/mol. The first-order valence-corrected chi connectivity index (χ1v) is 7.94. The number of halogens is 2. The lowest BCUT2D eigenvalue weighted by Gasteiger charge is -2.05. The van der Waals surface area contributed by atoms with Gasteiger partial charge in [-0.1, -0.05) is 29.3 Å². The second-order valence-corrected chi connectivity index (χ2v) is 6.09. The highest BCUT2D eigenvalue weighted by Gasteiger charge is 2.17. The molecule has 0 amide bonds. The van der Waals surface area contributed by atoms with Crippen LogP contribution in [0, 0.1) is 0 Å². The molecule has 0 spiro atoms. The van der Waals surface area contributed by atoms with Crippen molar-refractivity contribution in [3.8, 4) is 11.4 Å². The van der Waals surface area contributed by atoms with Gasteiger partial charge in [0.05, 0.1) is 16.4 Å². The maximum atomic E-state index is 10.8. The van der Waals surface area contributed by atoms with Gasteiger partial charge in [0.2, 0.25) is 0 Å². The van der Waals surface area contributed by atoms with Gasteiger partial charge in [-0.15, -0.1) is 0 Å². The van der Waals surface area contributed by atoms with Crippen LogP contribution < -0.4 is 0 Å². The van der Waals surface area contributed by atoms with Crippen molar-refractivity contribution in [2.75, 3.05) is 0 Å². The molecule has 0 bridgehead atoms. The van der Waals surface area contributed by atoms with Gasteiger partial charge < -0.3 is 10.1 Å². The number of hydrogen-bond donors (Lipinski definition) is 2. The molecular formula is C17H14Cl2N2O2. The van der Waals surface area contributed by atoms with Crippen molar-refractivity contribution in [3.05, 3.63) is 52.1 Å². The molecule has 3 aromatic rings. The first kappa shape index (κ1) is 15.8. The van der Waals surface area contributed by atoms with Crippen molar-refractivity contribution in [2.45, 2.75) is 19.3 Å². The van der Waals surface area contributed by atoms with E-state index in [0.717, 1.165) is 27.9 Å². The van der Waals surface area contributed by atoms with E-state index in [4.69, 9.17) is 28.3 Å². The topological polar surface area (TPSA) is 66.0 Å². The van der Waals surface area contributed by atoms with E-state index in [-0.39, 0.29) is 6.42 Å². The maximum Gasteiger partial charge on any atom is 0.303 e. The molecule has 2 aromatic heterocycles. The average Bonchev–Trinajstić information content (AvgIpc) is 2.86. The lowest BCUT2D eigenvalue weighted by molar-refractivity contribution is -0.137. The fourth-order valence-electron chi connectivity index (χ4n) is 2.71. The molecule has 3 rings (SSSR count). The maximum absolute atomic E-state index is 10.8. The minimum atomic E-state index is -0.807. The number of aromatic amines is 1. The Kier molecular flexibility index (Phi) is 4.55. The van der Waals surface area contributed by atoms with Gasteiger partial charge in [0, 0.05) is 28.5 Å². The summed E-state index contributed by atoms with van der Waals surface area (Å²) in [6.07, 6.45) is 2.95. The number of aromatic nitrogens is 2. The summed E-state index contributed by atoms with van der Waals surface area (Å²) < 4.78 is 0. The molecule has 4 nitrogen and oxygen atoms in total. The molecule has 0 radical (unpaired) electrons. The number of benzene rings is 1. The van der Waals surface area contributed by atoms with E-state index < -0.39 is 5.97 Å². The number of hydrogen-bond acceptors (Lipinski definition) is 2. The summed E-state index contributed by atoms with van der Waals surface area (Å²) >= 11 is 12.4. The number of nitrogens with one attached hydrogen (secondary N) is 1. The van der Waals surface area contributed by atoms with Crippen LogP contribution in [0.5, 0.6) is 0 Å². The summed E-state index contributed by atoms with van der Waals surface area (Å²) in [5.41, 5.74) is 3.45. The minimum Gasteiger partial charge on any atom is -0.481 e. The van der Waals surface area contributed by atoms with Gasteiger partial charge in [-0.25, -0.2) is 0 Å². The fourth-order valence-corrected chi connectivity index (χ4v) is 3.32. The molecule has 2 N–H and O–H groups in total. The number of carbonyl (C=O) groups is 1. The molecule has 0 fully saturated rings. The number of carboxylic acids is 1. The van der Waals surface area contributed by atoms with E-state index in [0.29, 0.717) is 22.9 Å². The third-order valence-corrected chi connectivity index (χ3v) is 4.17. The van der Waals surface area contributed by atoms with Crippen LogP contribution in [-0.4, -0.2) is 21.0 Å². The summed E-state index contributed by atoms with van der Waals surface area (Å²) in [5, 5.41) is 10.8. The molecule has 1 aromatic carbocycles. The monoisotopic (exact) mass is 348 g/mol. The molecule has 0 unspecified atom stereocenters. The number of rotatable bonds is 5. The van der Waals surface area contributed by atoms with Crippen LogP contribution in [-0.2, 0) is 11.2 Å². The number of aryl methyl sites for hydroxylation is 1. The van der Waals surface area contributed by atoms with E-state index in [1.165, 1.54) is 0 Å². The van der Waals surface area contributed by atoms with Crippen LogP contribution >= 0.6 is 23.2 Å². The first-order chi connectivity index (χ1) is 11.1.